The second kappa shape index (κ2) is 56.5. The number of methoxy groups -OCH3 is 6. The van der Waals surface area contributed by atoms with Gasteiger partial charge < -0.3 is 144 Å². The van der Waals surface area contributed by atoms with Crippen molar-refractivity contribution < 1.29 is 144 Å². The molecule has 6 aromatic carbocycles. The van der Waals surface area contributed by atoms with Crippen LogP contribution in [0.1, 0.15) is 66.8 Å². The molecular weight excluding hydrogens is 1490 g/mol. The molecule has 0 radical (unpaired) electrons. The lowest BCUT2D eigenvalue weighted by Gasteiger charge is -2.21. The first kappa shape index (κ1) is 93.4. The van der Waals surface area contributed by atoms with Crippen LogP contribution in [0.2, 0.25) is 0 Å². The molecule has 0 aliphatic heterocycles. The number of ether oxygens (including phenoxy) is 24. The van der Waals surface area contributed by atoms with Crippen LogP contribution in [-0.2, 0) is 124 Å². The summed E-state index contributed by atoms with van der Waals surface area (Å²) in [5.41, 5.74) is 5.25. The van der Waals surface area contributed by atoms with Gasteiger partial charge in [0.1, 0.15) is 109 Å². The first-order valence-electron chi connectivity index (χ1n) is 38.6. The van der Waals surface area contributed by atoms with E-state index in [0.717, 1.165) is 0 Å². The normalized spacial score (nSPS) is 12.3. The number of benzene rings is 6. The highest BCUT2D eigenvalue weighted by Crippen LogP contribution is 2.43. The standard InChI is InChI=1S/C84H120O30/c1-91-7-13-97-19-25-103-31-37-109-79-55-61-44-68-50-75(87)63(57-81(68)111-39-33-105-27-21-99-15-9-93-3)46-70-52-77(89)65(59-83(70)113-41-35-107-29-23-101-17-11-95-5)48-72-54-78(90)66(60-84(72)114-42-36-108-30-24-102-18-12-96-6)47-71-53-76(88)64(58-82(71)112-40-34-106-28-22-100-16-10-94-4)45-69-51-74(86)62(43-67(79)49-73(61)85)56-80(69)110-38-32-104-26-20-98-14-8-92-2/h49-60,85-90H,7-48H2,1-6H3. The molecule has 6 aromatic rings. The Morgan fingerprint density at radius 3 is 0.395 bits per heavy atom. The quantitative estimate of drug-likeness (QED) is 0.0196. The lowest BCUT2D eigenvalue weighted by atomic mass is 9.93. The highest BCUT2D eigenvalue weighted by atomic mass is 16.6. The molecule has 0 amide bonds. The van der Waals surface area contributed by atoms with Crippen molar-refractivity contribution in [2.45, 2.75) is 38.5 Å². The topological polar surface area (TPSA) is 343 Å². The third-order valence-electron chi connectivity index (χ3n) is 17.6. The van der Waals surface area contributed by atoms with Crippen molar-refractivity contribution in [1.82, 2.24) is 0 Å². The van der Waals surface area contributed by atoms with Gasteiger partial charge in [-0.25, -0.2) is 0 Å². The van der Waals surface area contributed by atoms with E-state index in [1.54, 1.807) is 115 Å². The molecule has 30 nitrogen and oxygen atoms in total. The lowest BCUT2D eigenvalue weighted by Crippen LogP contribution is -2.14. The zero-order chi connectivity index (χ0) is 81.0. The van der Waals surface area contributed by atoms with Crippen molar-refractivity contribution in [2.75, 3.05) is 281 Å². The minimum atomic E-state index is -0.131. The largest absolute Gasteiger partial charge is 0.508 e. The Hall–Kier alpha value is -7.80. The fourth-order valence-electron chi connectivity index (χ4n) is 11.7. The molecule has 114 heavy (non-hydrogen) atoms. The van der Waals surface area contributed by atoms with E-state index in [2.05, 4.69) is 0 Å². The monoisotopic (exact) mass is 1610 g/mol. The summed E-state index contributed by atoms with van der Waals surface area (Å²) in [7, 11) is 9.59. The summed E-state index contributed by atoms with van der Waals surface area (Å²) in [6.07, 6.45) is 0.0519. The summed E-state index contributed by atoms with van der Waals surface area (Å²) in [5.74, 6) is 1.31. The zero-order valence-electron chi connectivity index (χ0n) is 67.1. The van der Waals surface area contributed by atoms with Gasteiger partial charge in [0, 0.05) is 148 Å². The van der Waals surface area contributed by atoms with Gasteiger partial charge in [-0.1, -0.05) is 0 Å². The molecule has 0 saturated heterocycles. The molecule has 0 unspecified atom stereocenters. The molecule has 22 rings (SSSR count). The van der Waals surface area contributed by atoms with Crippen LogP contribution >= 0.6 is 0 Å². The minimum Gasteiger partial charge on any atom is -0.508 e. The highest BCUT2D eigenvalue weighted by Gasteiger charge is 2.25. The Morgan fingerprint density at radius 2 is 0.272 bits per heavy atom. The van der Waals surface area contributed by atoms with E-state index in [0.29, 0.717) is 220 Å². The van der Waals surface area contributed by atoms with Crippen LogP contribution < -0.4 is 28.4 Å². The number of hydrogen-bond donors (Lipinski definition) is 6. The van der Waals surface area contributed by atoms with Crippen molar-refractivity contribution in [2.24, 2.45) is 0 Å². The molecule has 0 atom stereocenters. The molecule has 0 spiro atoms. The SMILES string of the molecule is COCCOCCOCCOc1cc2c(O)cc1Cc1cc(OCCOCCOCCOC)c(cc1O)Cc1cc(OCCOCCOCCOC)c(cc1O)Cc1cc(OCCOCCOCCOC)c(cc1O)Cc1cc(OCCOCCOCCOC)c(cc1O)Cc1cc(OCCOCCOCCOC)c(cc1O)C2. The minimum absolute atomic E-state index is 0.00865. The van der Waals surface area contributed by atoms with Crippen molar-refractivity contribution >= 4 is 0 Å². The maximum atomic E-state index is 12.3. The Morgan fingerprint density at radius 1 is 0.158 bits per heavy atom. The Labute approximate surface area is 669 Å². The highest BCUT2D eigenvalue weighted by molar-refractivity contribution is 5.60. The number of phenols is 6. The fourth-order valence-corrected chi connectivity index (χ4v) is 11.7. The second-order valence-corrected chi connectivity index (χ2v) is 26.0. The van der Waals surface area contributed by atoms with Gasteiger partial charge >= 0.3 is 0 Å². The van der Waals surface area contributed by atoms with E-state index < -0.39 is 0 Å². The Bertz CT molecular complexity index is 3030. The van der Waals surface area contributed by atoms with Crippen LogP contribution in [0.3, 0.4) is 0 Å². The van der Waals surface area contributed by atoms with E-state index in [1.165, 1.54) is 0 Å². The first-order chi connectivity index (χ1) is 55.9. The molecule has 16 aliphatic rings. The molecule has 30 heteroatoms. The summed E-state index contributed by atoms with van der Waals surface area (Å²) in [6, 6.07) is 19.7. The first-order valence-corrected chi connectivity index (χ1v) is 38.6. The van der Waals surface area contributed by atoms with Crippen LogP contribution in [0.5, 0.6) is 69.0 Å². The van der Waals surface area contributed by atoms with Crippen LogP contribution in [0, 0.1) is 0 Å². The van der Waals surface area contributed by atoms with Crippen LogP contribution in [0.25, 0.3) is 0 Å². The third kappa shape index (κ3) is 34.9. The van der Waals surface area contributed by atoms with Gasteiger partial charge in [0.25, 0.3) is 0 Å². The average molecular weight is 1610 g/mol. The Kier molecular flexibility index (Phi) is 46.3. The number of phenolic OH excluding ortho intramolecular Hbond substituents is 6. The van der Waals surface area contributed by atoms with Gasteiger partial charge in [-0.3, -0.25) is 0 Å². The third-order valence-corrected chi connectivity index (χ3v) is 17.6. The molecule has 12 bridgehead atoms. The zero-order valence-corrected chi connectivity index (χ0v) is 67.1. The summed E-state index contributed by atoms with van der Waals surface area (Å²) in [6.45, 7) is 10.2. The molecule has 6 N–H and O–H groups in total. The molecule has 16 aliphatic carbocycles. The second-order valence-electron chi connectivity index (χ2n) is 26.0. The van der Waals surface area contributed by atoms with Crippen molar-refractivity contribution in [3.8, 4) is 69.0 Å². The molecule has 0 heterocycles. The smallest absolute Gasteiger partial charge is 0.123 e. The molecule has 636 valence electrons. The Balaban J connectivity index is 1.37. The van der Waals surface area contributed by atoms with Crippen molar-refractivity contribution in [3.05, 3.63) is 140 Å². The van der Waals surface area contributed by atoms with E-state index in [9.17, 15) is 30.6 Å². The molecular formula is C84H120O30. The predicted molar refractivity (Wildman–Crippen MR) is 420 cm³/mol. The van der Waals surface area contributed by atoms with Crippen LogP contribution in [-0.4, -0.2) is 311 Å². The maximum Gasteiger partial charge on any atom is 0.123 e. The van der Waals surface area contributed by atoms with Gasteiger partial charge in [-0.05, 0) is 72.8 Å². The van der Waals surface area contributed by atoms with Crippen LogP contribution in [0.15, 0.2) is 72.8 Å². The number of hydrogen-bond acceptors (Lipinski definition) is 30. The van der Waals surface area contributed by atoms with Gasteiger partial charge in [0.05, 0.1) is 198 Å². The van der Waals surface area contributed by atoms with E-state index in [1.807, 2.05) is 0 Å². The van der Waals surface area contributed by atoms with Crippen molar-refractivity contribution in [1.29, 1.82) is 0 Å². The van der Waals surface area contributed by atoms with Crippen LogP contribution in [0.4, 0.5) is 0 Å². The maximum absolute atomic E-state index is 12.3. The van der Waals surface area contributed by atoms with E-state index in [-0.39, 0.29) is 192 Å². The van der Waals surface area contributed by atoms with Gasteiger partial charge in [-0.2, -0.15) is 0 Å². The summed E-state index contributed by atoms with van der Waals surface area (Å²) < 4.78 is 139. The molecule has 0 fully saturated rings. The average Bonchev–Trinajstić information content (AvgIpc) is 0.793. The summed E-state index contributed by atoms with van der Waals surface area (Å²) in [5, 5.41) is 73.7. The van der Waals surface area contributed by atoms with Gasteiger partial charge in [0.15, 0.2) is 0 Å². The van der Waals surface area contributed by atoms with E-state index in [4.69, 9.17) is 114 Å². The number of aromatic hydroxyl groups is 6. The summed E-state index contributed by atoms with van der Waals surface area (Å²) in [4.78, 5) is 0. The van der Waals surface area contributed by atoms with Gasteiger partial charge in [0.2, 0.25) is 0 Å². The predicted octanol–water partition coefficient (Wildman–Crippen LogP) is 8.13. The van der Waals surface area contributed by atoms with Gasteiger partial charge in [-0.15, -0.1) is 0 Å². The number of rotatable bonds is 60. The molecule has 0 aromatic heterocycles. The summed E-state index contributed by atoms with van der Waals surface area (Å²) >= 11 is 0. The van der Waals surface area contributed by atoms with E-state index >= 15 is 0 Å². The molecule has 0 saturated carbocycles. The fraction of sp³-hybridized carbons (Fsp3) is 0.571. The van der Waals surface area contributed by atoms with Crippen molar-refractivity contribution in [3.63, 3.8) is 0 Å². The lowest BCUT2D eigenvalue weighted by molar-refractivity contribution is 0.0178.